The largest absolute Gasteiger partial charge is 0.463 e. The van der Waals surface area contributed by atoms with Gasteiger partial charge in [-0.15, -0.1) is 11.3 Å². The van der Waals surface area contributed by atoms with Crippen molar-refractivity contribution in [3.8, 4) is 0 Å². The smallest absolute Gasteiger partial charge is 0.280 e. The molecule has 0 aromatic carbocycles. The predicted octanol–water partition coefficient (Wildman–Crippen LogP) is 1.26. The number of furan rings is 2. The van der Waals surface area contributed by atoms with E-state index in [-0.39, 0.29) is 12.5 Å². The topological polar surface area (TPSA) is 103 Å². The molecular weight excluding hydrogens is 342 g/mol. The molecule has 4 N–H and O–H groups in total. The molecular formula is C17H18N3O4S+. The fourth-order valence-electron chi connectivity index (χ4n) is 2.50. The Hall–Kier alpha value is -2.84. The molecule has 130 valence electrons. The number of hydrogen-bond acceptors (Lipinski definition) is 5. The average molecular weight is 360 g/mol. The molecule has 0 aliphatic heterocycles. The van der Waals surface area contributed by atoms with E-state index < -0.39 is 5.91 Å². The maximum absolute atomic E-state index is 12.4. The number of anilines is 1. The molecule has 0 saturated carbocycles. The molecule has 7 nitrogen and oxygen atoms in total. The van der Waals surface area contributed by atoms with Crippen LogP contribution in [0.4, 0.5) is 5.00 Å². The van der Waals surface area contributed by atoms with Crippen LogP contribution in [0.2, 0.25) is 0 Å². The first-order chi connectivity index (χ1) is 12.1. The molecule has 3 aromatic heterocycles. The van der Waals surface area contributed by atoms with Crippen LogP contribution < -0.4 is 16.0 Å². The molecule has 0 bridgehead atoms. The summed E-state index contributed by atoms with van der Waals surface area (Å²) in [7, 11) is 0. The highest BCUT2D eigenvalue weighted by atomic mass is 32.1. The van der Waals surface area contributed by atoms with Crippen molar-refractivity contribution in [1.82, 2.24) is 0 Å². The third-order valence-corrected chi connectivity index (χ3v) is 4.43. The van der Waals surface area contributed by atoms with Crippen LogP contribution in [0.3, 0.4) is 0 Å². The summed E-state index contributed by atoms with van der Waals surface area (Å²) in [4.78, 5) is 24.7. The van der Waals surface area contributed by atoms with Gasteiger partial charge in [-0.3, -0.25) is 9.59 Å². The lowest BCUT2D eigenvalue weighted by molar-refractivity contribution is -0.921. The molecule has 0 aliphatic rings. The van der Waals surface area contributed by atoms with E-state index in [9.17, 15) is 9.59 Å². The maximum Gasteiger partial charge on any atom is 0.280 e. The quantitative estimate of drug-likeness (QED) is 0.563. The lowest BCUT2D eigenvalue weighted by atomic mass is 10.3. The van der Waals surface area contributed by atoms with Crippen LogP contribution in [0.5, 0.6) is 0 Å². The Morgan fingerprint density at radius 2 is 1.72 bits per heavy atom. The van der Waals surface area contributed by atoms with Crippen LogP contribution in [0.1, 0.15) is 21.9 Å². The van der Waals surface area contributed by atoms with E-state index >= 15 is 0 Å². The Balaban J connectivity index is 1.67. The van der Waals surface area contributed by atoms with Crippen LogP contribution in [0, 0.1) is 0 Å². The Morgan fingerprint density at radius 3 is 2.24 bits per heavy atom. The lowest BCUT2D eigenvalue weighted by Crippen LogP contribution is -3.10. The fraction of sp³-hybridized carbons (Fsp3) is 0.176. The van der Waals surface area contributed by atoms with E-state index in [0.29, 0.717) is 23.7 Å². The van der Waals surface area contributed by atoms with Crippen molar-refractivity contribution in [2.75, 3.05) is 11.9 Å². The molecule has 0 atom stereocenters. The zero-order chi connectivity index (χ0) is 17.6. The van der Waals surface area contributed by atoms with Crippen LogP contribution in [0.15, 0.2) is 57.1 Å². The molecule has 0 radical (unpaired) electrons. The number of carbonyl (C=O) groups is 2. The number of carbonyl (C=O) groups excluding carboxylic acids is 2. The second-order valence-electron chi connectivity index (χ2n) is 5.51. The van der Waals surface area contributed by atoms with Gasteiger partial charge in [0.25, 0.3) is 11.8 Å². The zero-order valence-corrected chi connectivity index (χ0v) is 14.2. The van der Waals surface area contributed by atoms with Crippen molar-refractivity contribution in [2.45, 2.75) is 13.1 Å². The molecule has 0 spiro atoms. The maximum atomic E-state index is 12.4. The molecule has 0 saturated heterocycles. The highest BCUT2D eigenvalue weighted by molar-refractivity contribution is 7.14. The second-order valence-corrected chi connectivity index (χ2v) is 6.43. The van der Waals surface area contributed by atoms with Crippen molar-refractivity contribution in [2.24, 2.45) is 5.73 Å². The van der Waals surface area contributed by atoms with Crippen molar-refractivity contribution in [1.29, 1.82) is 0 Å². The van der Waals surface area contributed by atoms with Gasteiger partial charge < -0.3 is 24.8 Å². The number of amides is 2. The van der Waals surface area contributed by atoms with Crippen LogP contribution in [-0.4, -0.2) is 18.4 Å². The minimum absolute atomic E-state index is 0.192. The van der Waals surface area contributed by atoms with Gasteiger partial charge in [0, 0.05) is 0 Å². The third kappa shape index (κ3) is 4.59. The first-order valence-electron chi connectivity index (χ1n) is 7.67. The van der Waals surface area contributed by atoms with Gasteiger partial charge in [-0.05, 0) is 35.7 Å². The Kier molecular flexibility index (Phi) is 5.32. The van der Waals surface area contributed by atoms with Gasteiger partial charge in [-0.25, -0.2) is 0 Å². The number of primary amides is 1. The van der Waals surface area contributed by atoms with E-state index in [1.807, 2.05) is 24.3 Å². The summed E-state index contributed by atoms with van der Waals surface area (Å²) in [6.45, 7) is 1.26. The molecule has 3 heterocycles. The molecule has 0 aliphatic carbocycles. The third-order valence-electron chi connectivity index (χ3n) is 3.60. The normalized spacial score (nSPS) is 10.9. The SMILES string of the molecule is NC(=O)c1ccsc1NC(=O)C[NH+](Cc1ccco1)Cc1ccco1. The molecule has 0 fully saturated rings. The Labute approximate surface area is 148 Å². The van der Waals surface area contributed by atoms with E-state index in [4.69, 9.17) is 14.6 Å². The minimum atomic E-state index is -0.563. The molecule has 3 aromatic rings. The van der Waals surface area contributed by atoms with E-state index in [2.05, 4.69) is 5.32 Å². The average Bonchev–Trinajstić information content (AvgIpc) is 3.28. The standard InChI is InChI=1S/C17H17N3O4S/c18-16(22)14-5-8-25-17(14)19-15(21)11-20(9-12-3-1-6-23-12)10-13-4-2-7-24-13/h1-8H,9-11H2,(H2,18,22)(H,19,21)/p+1. The minimum Gasteiger partial charge on any atom is -0.463 e. The van der Waals surface area contributed by atoms with Crippen LogP contribution in [0.25, 0.3) is 0 Å². The summed E-state index contributed by atoms with van der Waals surface area (Å²) in [5, 5.41) is 4.94. The number of thiophene rings is 1. The monoisotopic (exact) mass is 360 g/mol. The van der Waals surface area contributed by atoms with Gasteiger partial charge in [0.1, 0.15) is 18.1 Å². The highest BCUT2D eigenvalue weighted by Crippen LogP contribution is 2.22. The van der Waals surface area contributed by atoms with Gasteiger partial charge in [0.15, 0.2) is 18.1 Å². The van der Waals surface area contributed by atoms with Crippen molar-refractivity contribution >= 4 is 28.2 Å². The highest BCUT2D eigenvalue weighted by Gasteiger charge is 2.20. The van der Waals surface area contributed by atoms with E-state index in [1.54, 1.807) is 24.0 Å². The fourth-order valence-corrected chi connectivity index (χ4v) is 3.31. The summed E-state index contributed by atoms with van der Waals surface area (Å²) in [6.07, 6.45) is 3.20. The molecule has 8 heteroatoms. The zero-order valence-electron chi connectivity index (χ0n) is 13.4. The van der Waals surface area contributed by atoms with Gasteiger partial charge >= 0.3 is 0 Å². The van der Waals surface area contributed by atoms with Gasteiger partial charge in [0.2, 0.25) is 0 Å². The van der Waals surface area contributed by atoms with Gasteiger partial charge in [-0.1, -0.05) is 0 Å². The summed E-state index contributed by atoms with van der Waals surface area (Å²) < 4.78 is 10.8. The molecule has 0 unspecified atom stereocenters. The van der Waals surface area contributed by atoms with E-state index in [0.717, 1.165) is 16.4 Å². The number of nitrogens with one attached hydrogen (secondary N) is 2. The summed E-state index contributed by atoms with van der Waals surface area (Å²) >= 11 is 1.26. The lowest BCUT2D eigenvalue weighted by Gasteiger charge is -2.17. The van der Waals surface area contributed by atoms with Gasteiger partial charge in [0.05, 0.1) is 18.1 Å². The van der Waals surface area contributed by atoms with Crippen LogP contribution in [-0.2, 0) is 17.9 Å². The predicted molar refractivity (Wildman–Crippen MR) is 92.1 cm³/mol. The molecule has 25 heavy (non-hydrogen) atoms. The Morgan fingerprint density at radius 1 is 1.08 bits per heavy atom. The number of nitrogens with two attached hydrogens (primary N) is 1. The Bertz CT molecular complexity index is 788. The first-order valence-corrected chi connectivity index (χ1v) is 8.55. The number of quaternary nitrogens is 1. The van der Waals surface area contributed by atoms with Crippen molar-refractivity contribution in [3.05, 3.63) is 65.3 Å². The second kappa shape index (κ2) is 7.82. The summed E-state index contributed by atoms with van der Waals surface area (Å²) in [5.41, 5.74) is 5.62. The first kappa shape index (κ1) is 17.0. The van der Waals surface area contributed by atoms with Crippen molar-refractivity contribution < 1.29 is 23.3 Å². The van der Waals surface area contributed by atoms with Crippen LogP contribution >= 0.6 is 11.3 Å². The van der Waals surface area contributed by atoms with Gasteiger partial charge in [-0.2, -0.15) is 0 Å². The molecule has 2 amide bonds. The number of rotatable bonds is 8. The summed E-state index contributed by atoms with van der Waals surface area (Å²) in [6, 6.07) is 8.95. The van der Waals surface area contributed by atoms with E-state index in [1.165, 1.54) is 11.3 Å². The number of hydrogen-bond donors (Lipinski definition) is 3. The summed E-state index contributed by atoms with van der Waals surface area (Å²) in [5.74, 6) is 0.789. The van der Waals surface area contributed by atoms with Crippen molar-refractivity contribution in [3.63, 3.8) is 0 Å². The molecule has 3 rings (SSSR count).